The van der Waals surface area contributed by atoms with Crippen molar-refractivity contribution in [1.82, 2.24) is 39.0 Å². The van der Waals surface area contributed by atoms with Crippen molar-refractivity contribution in [3.63, 3.8) is 0 Å². The van der Waals surface area contributed by atoms with Gasteiger partial charge >= 0.3 is 14.5 Å². The molecule has 4 aromatic heterocycles. The van der Waals surface area contributed by atoms with Gasteiger partial charge in [0.25, 0.3) is 0 Å². The van der Waals surface area contributed by atoms with Crippen LogP contribution >= 0.6 is 39.0 Å². The lowest BCUT2D eigenvalue weighted by Gasteiger charge is -2.15. The van der Waals surface area contributed by atoms with Gasteiger partial charge in [-0.3, -0.25) is 9.13 Å². The average Bonchev–Trinajstić information content (AvgIpc) is 3.85. The first-order valence-electron chi connectivity index (χ1n) is 14.7. The number of halogens is 2. The Hall–Kier alpha value is -3.04. The van der Waals surface area contributed by atoms with Crippen LogP contribution in [0.1, 0.15) is 18.9 Å². The van der Waals surface area contributed by atoms with E-state index in [2.05, 4.69) is 65.0 Å². The Morgan fingerprint density at radius 3 is 1.76 bits per heavy atom. The number of fused-ring (bicyclic) bond motifs is 2. The highest BCUT2D eigenvalue weighted by Crippen LogP contribution is 2.42. The molecule has 49 heavy (non-hydrogen) atoms. The molecule has 3 unspecified atom stereocenters. The van der Waals surface area contributed by atoms with Gasteiger partial charge in [-0.1, -0.05) is 12.2 Å². The van der Waals surface area contributed by atoms with Crippen molar-refractivity contribution in [1.29, 1.82) is 0 Å². The fourth-order valence-corrected chi connectivity index (χ4v) is 7.13. The monoisotopic (exact) mass is 762 g/mol. The van der Waals surface area contributed by atoms with E-state index in [1.54, 1.807) is 0 Å². The molecular weight excluding hydrogens is 732 g/mol. The van der Waals surface area contributed by atoms with Crippen LogP contribution in [0.4, 0.5) is 20.4 Å². The van der Waals surface area contributed by atoms with Gasteiger partial charge < -0.3 is 30.3 Å². The second kappa shape index (κ2) is 15.9. The zero-order chi connectivity index (χ0) is 34.7. The summed E-state index contributed by atoms with van der Waals surface area (Å²) in [6, 6.07) is 0. The first-order valence-corrected chi connectivity index (χ1v) is 19.3. The number of ether oxygens (including phenoxy) is 2. The van der Waals surface area contributed by atoms with E-state index in [4.69, 9.17) is 18.5 Å². The maximum Gasteiger partial charge on any atom is 0.582 e. The lowest BCUT2D eigenvalue weighted by atomic mass is 10.1. The second-order valence-electron chi connectivity index (χ2n) is 10.7. The number of imidazole rings is 2. The number of nitrogens with one attached hydrogen (secondary N) is 2. The van der Waals surface area contributed by atoms with Crippen LogP contribution in [0.15, 0.2) is 37.5 Å². The molecule has 0 saturated carbocycles. The summed E-state index contributed by atoms with van der Waals surface area (Å²) in [7, 11) is -4.85. The third kappa shape index (κ3) is 7.53. The maximum atomic E-state index is 15.2. The third-order valence-corrected chi connectivity index (χ3v) is 9.15. The summed E-state index contributed by atoms with van der Waals surface area (Å²) in [5.41, 5.74) is 1.30. The lowest BCUT2D eigenvalue weighted by Crippen LogP contribution is -2.31. The van der Waals surface area contributed by atoms with Crippen molar-refractivity contribution in [3.05, 3.63) is 37.5 Å². The van der Waals surface area contributed by atoms with Crippen molar-refractivity contribution in [2.75, 3.05) is 36.9 Å². The molecule has 0 spiro atoms. The van der Waals surface area contributed by atoms with E-state index in [-0.39, 0.29) is 11.3 Å². The number of hydrogen-bond donors (Lipinski definition) is 6. The van der Waals surface area contributed by atoms with Crippen LogP contribution in [0.25, 0.3) is 22.3 Å². The van der Waals surface area contributed by atoms with E-state index in [0.717, 1.165) is 0 Å². The zero-order valence-electron chi connectivity index (χ0n) is 25.1. The summed E-state index contributed by atoms with van der Waals surface area (Å²) in [6.45, 7) is -0.261. The van der Waals surface area contributed by atoms with E-state index < -0.39 is 76.9 Å². The SMILES string of the molecule is O=[P+](S)O[C@H]1[C@@H](F)[C@H](n2cnc3c(NCC/C=C/CNc4ncnc5c4ncn5[C@@H]4OC(CO)[C@@H](O[P+](=O)S)[C@H]4F)ncnc32)O[C@@H]1CO. The van der Waals surface area contributed by atoms with E-state index in [1.807, 2.05) is 12.2 Å². The molecule has 2 fully saturated rings. The standard InChI is InChI=1S/C25H28F2N10O8P2S2/c26-14-18(44-46(40)48)12(6-38)42-24(14)36-10-34-16-20(30-8-32-22(16)36)28-4-2-1-3-5-29-21-17-23(33-9-31-21)37(11-35-17)25-15(27)19(45-47(41)49)13(7-39)43-25/h1-2,8-15,18-19,24-25,38-39H,3-7H2,(H2-2,28,29,30,31,32,33,40,41,48,49)/p+2/b2-1+/t12?,13-,14-,15-,18-,19-,24-,25-/m1/s1. The highest BCUT2D eigenvalue weighted by Gasteiger charge is 2.52. The average molecular weight is 763 g/mol. The zero-order valence-corrected chi connectivity index (χ0v) is 28.7. The molecule has 18 nitrogen and oxygen atoms in total. The van der Waals surface area contributed by atoms with Gasteiger partial charge in [0.15, 0.2) is 71.0 Å². The summed E-state index contributed by atoms with van der Waals surface area (Å²) in [4.78, 5) is 25.5. The quantitative estimate of drug-likeness (QED) is 0.0444. The molecule has 0 amide bonds. The van der Waals surface area contributed by atoms with Gasteiger partial charge in [0.2, 0.25) is 0 Å². The Balaban J connectivity index is 1.03. The first kappa shape index (κ1) is 35.8. The van der Waals surface area contributed by atoms with Crippen molar-refractivity contribution in [2.45, 2.75) is 55.6 Å². The number of aliphatic hydroxyl groups excluding tert-OH is 2. The smallest absolute Gasteiger partial charge is 0.394 e. The van der Waals surface area contributed by atoms with E-state index in [0.29, 0.717) is 42.2 Å². The first-order chi connectivity index (χ1) is 23.7. The minimum absolute atomic E-state index is 0.280. The molecule has 10 atom stereocenters. The van der Waals surface area contributed by atoms with Gasteiger partial charge in [-0.25, -0.2) is 38.7 Å². The molecule has 6 rings (SSSR count). The Bertz CT molecular complexity index is 1840. The lowest BCUT2D eigenvalue weighted by molar-refractivity contribution is -0.0427. The van der Waals surface area contributed by atoms with Crippen molar-refractivity contribution in [2.24, 2.45) is 0 Å². The fourth-order valence-electron chi connectivity index (χ4n) is 5.56. The predicted octanol–water partition coefficient (Wildman–Crippen LogP) is 2.84. The number of hydrogen-bond acceptors (Lipinski definition) is 16. The number of aliphatic hydroxyl groups is 2. The van der Waals surface area contributed by atoms with Crippen molar-refractivity contribution >= 4 is 72.9 Å². The van der Waals surface area contributed by atoms with Crippen LogP contribution < -0.4 is 10.6 Å². The largest absolute Gasteiger partial charge is 0.582 e. The predicted molar refractivity (Wildman–Crippen MR) is 176 cm³/mol. The second-order valence-corrected chi connectivity index (χ2v) is 14.0. The molecule has 24 heteroatoms. The fraction of sp³-hybridized carbons (Fsp3) is 0.520. The molecule has 4 aromatic rings. The molecule has 0 aliphatic carbocycles. The summed E-state index contributed by atoms with van der Waals surface area (Å²) in [6.07, 6.45) is -1.06. The Morgan fingerprint density at radius 2 is 1.29 bits per heavy atom. The Kier molecular flexibility index (Phi) is 11.6. The van der Waals surface area contributed by atoms with Crippen LogP contribution in [0, 0.1) is 0 Å². The maximum absolute atomic E-state index is 15.2. The summed E-state index contributed by atoms with van der Waals surface area (Å²) in [5.74, 6) is 0.810. The normalized spacial score (nSPS) is 27.8. The highest BCUT2D eigenvalue weighted by molar-refractivity contribution is 8.39. The van der Waals surface area contributed by atoms with Gasteiger partial charge in [-0.05, 0) is 15.6 Å². The van der Waals surface area contributed by atoms with Crippen molar-refractivity contribution in [3.8, 4) is 0 Å². The van der Waals surface area contributed by atoms with Gasteiger partial charge in [0, 0.05) is 13.1 Å². The number of anilines is 2. The Labute approximate surface area is 288 Å². The minimum atomic E-state index is -2.43. The van der Waals surface area contributed by atoms with E-state index in [1.165, 1.54) is 34.4 Å². The molecule has 0 bridgehead atoms. The summed E-state index contributed by atoms with van der Waals surface area (Å²) < 4.78 is 77.4. The third-order valence-electron chi connectivity index (χ3n) is 7.74. The van der Waals surface area contributed by atoms with Crippen LogP contribution in [-0.2, 0) is 27.7 Å². The molecule has 6 heterocycles. The topological polar surface area (TPSA) is 223 Å². The van der Waals surface area contributed by atoms with E-state index >= 15 is 8.78 Å². The van der Waals surface area contributed by atoms with Crippen LogP contribution in [0.3, 0.4) is 0 Å². The number of rotatable bonds is 15. The molecule has 2 aliphatic rings. The van der Waals surface area contributed by atoms with Gasteiger partial charge in [-0.2, -0.15) is 0 Å². The molecule has 2 aliphatic heterocycles. The molecular formula is C25H30F2N10O8P2S2+2. The summed E-state index contributed by atoms with van der Waals surface area (Å²) in [5, 5.41) is 25.5. The molecule has 0 aromatic carbocycles. The van der Waals surface area contributed by atoms with E-state index in [9.17, 15) is 19.3 Å². The van der Waals surface area contributed by atoms with Crippen molar-refractivity contribution < 1.29 is 46.6 Å². The highest BCUT2D eigenvalue weighted by atomic mass is 32.7. The van der Waals surface area contributed by atoms with Gasteiger partial charge in [-0.15, -0.1) is 9.05 Å². The number of alkyl halides is 2. The van der Waals surface area contributed by atoms with Gasteiger partial charge in [0.1, 0.15) is 49.4 Å². The van der Waals surface area contributed by atoms with Crippen LogP contribution in [0.5, 0.6) is 0 Å². The Morgan fingerprint density at radius 1 is 0.796 bits per heavy atom. The minimum Gasteiger partial charge on any atom is -0.394 e. The number of aromatic nitrogens is 8. The molecule has 4 N–H and O–H groups in total. The number of thiol groups is 2. The summed E-state index contributed by atoms with van der Waals surface area (Å²) >= 11 is 7.35. The van der Waals surface area contributed by atoms with Gasteiger partial charge in [0.05, 0.1) is 25.9 Å². The molecule has 0 radical (unpaired) electrons. The molecule has 2 saturated heterocycles. The van der Waals surface area contributed by atoms with Crippen LogP contribution in [0.2, 0.25) is 0 Å². The molecule has 262 valence electrons. The van der Waals surface area contributed by atoms with Crippen LogP contribution in [-0.4, -0.2) is 112 Å². The number of nitrogens with zero attached hydrogens (tertiary/aromatic N) is 8.